The Morgan fingerprint density at radius 2 is 2.03 bits per heavy atom. The molecule has 0 unspecified atom stereocenters. The standard InChI is InChI=1S/C23H26N6/c1-17(23-20(15-27-29-23)5-4-19-3-2-10-25-14-19)28-22-7-6-21(26-16-22)13-18-8-11-24-12-9-18/h2-7,10,14-16,18,24,28H,1,8-9,11-13H2,(H,27,29)/b5-4+. The molecule has 1 fully saturated rings. The lowest BCUT2D eigenvalue weighted by Crippen LogP contribution is -2.28. The number of nitrogens with zero attached hydrogens (tertiary/aromatic N) is 3. The van der Waals surface area contributed by atoms with E-state index in [4.69, 9.17) is 0 Å². The Bertz CT molecular complexity index is 953. The van der Waals surface area contributed by atoms with E-state index in [9.17, 15) is 0 Å². The highest BCUT2D eigenvalue weighted by molar-refractivity contribution is 5.81. The molecule has 0 radical (unpaired) electrons. The average molecular weight is 387 g/mol. The molecule has 0 aliphatic carbocycles. The topological polar surface area (TPSA) is 78.5 Å². The number of hydrogen-bond acceptors (Lipinski definition) is 5. The molecule has 1 aliphatic rings. The smallest absolute Gasteiger partial charge is 0.0878 e. The second-order valence-electron chi connectivity index (χ2n) is 7.36. The lowest BCUT2D eigenvalue weighted by molar-refractivity contribution is 0.370. The fraction of sp³-hybridized carbons (Fsp3) is 0.261. The normalized spacial score (nSPS) is 14.9. The van der Waals surface area contributed by atoms with Crippen LogP contribution in [0.25, 0.3) is 17.8 Å². The summed E-state index contributed by atoms with van der Waals surface area (Å²) in [5.74, 6) is 0.733. The molecule has 6 nitrogen and oxygen atoms in total. The van der Waals surface area contributed by atoms with Crippen molar-refractivity contribution in [1.82, 2.24) is 25.5 Å². The second-order valence-corrected chi connectivity index (χ2v) is 7.36. The van der Waals surface area contributed by atoms with Gasteiger partial charge in [-0.25, -0.2) is 0 Å². The predicted molar refractivity (Wildman–Crippen MR) is 118 cm³/mol. The first-order chi connectivity index (χ1) is 14.3. The Morgan fingerprint density at radius 3 is 2.79 bits per heavy atom. The van der Waals surface area contributed by atoms with Crippen LogP contribution in [0.3, 0.4) is 0 Å². The summed E-state index contributed by atoms with van der Waals surface area (Å²) in [6.45, 7) is 6.39. The third-order valence-corrected chi connectivity index (χ3v) is 5.19. The number of aromatic amines is 1. The molecule has 1 aliphatic heterocycles. The summed E-state index contributed by atoms with van der Waals surface area (Å²) in [7, 11) is 0. The van der Waals surface area contributed by atoms with Gasteiger partial charge in [-0.3, -0.25) is 15.1 Å². The van der Waals surface area contributed by atoms with Crippen molar-refractivity contribution in [2.75, 3.05) is 18.4 Å². The van der Waals surface area contributed by atoms with Crippen LogP contribution >= 0.6 is 0 Å². The quantitative estimate of drug-likeness (QED) is 0.572. The summed E-state index contributed by atoms with van der Waals surface area (Å²) < 4.78 is 0. The van der Waals surface area contributed by atoms with Crippen molar-refractivity contribution in [3.8, 4) is 0 Å². The molecule has 4 heterocycles. The van der Waals surface area contributed by atoms with Crippen molar-refractivity contribution < 1.29 is 0 Å². The van der Waals surface area contributed by atoms with Gasteiger partial charge in [0.25, 0.3) is 0 Å². The van der Waals surface area contributed by atoms with E-state index < -0.39 is 0 Å². The van der Waals surface area contributed by atoms with Crippen LogP contribution < -0.4 is 10.6 Å². The van der Waals surface area contributed by atoms with Crippen LogP contribution in [0.1, 0.15) is 35.4 Å². The number of pyridine rings is 2. The number of hydrogen-bond donors (Lipinski definition) is 3. The number of piperidine rings is 1. The molecule has 148 valence electrons. The van der Waals surface area contributed by atoms with E-state index in [-0.39, 0.29) is 0 Å². The molecular weight excluding hydrogens is 360 g/mol. The van der Waals surface area contributed by atoms with E-state index in [1.165, 1.54) is 12.8 Å². The molecule has 0 spiro atoms. The van der Waals surface area contributed by atoms with Crippen molar-refractivity contribution >= 4 is 23.5 Å². The molecule has 1 saturated heterocycles. The molecule has 3 aromatic heterocycles. The molecule has 3 N–H and O–H groups in total. The van der Waals surface area contributed by atoms with Gasteiger partial charge in [-0.05, 0) is 62.0 Å². The van der Waals surface area contributed by atoms with E-state index in [0.717, 1.165) is 59.3 Å². The summed E-state index contributed by atoms with van der Waals surface area (Å²) in [5, 5.41) is 13.9. The molecule has 0 bridgehead atoms. The molecule has 0 amide bonds. The Morgan fingerprint density at radius 1 is 1.14 bits per heavy atom. The Labute approximate surface area is 171 Å². The largest absolute Gasteiger partial charge is 0.353 e. The minimum Gasteiger partial charge on any atom is -0.353 e. The molecule has 0 saturated carbocycles. The number of anilines is 1. The Kier molecular flexibility index (Phi) is 6.12. The van der Waals surface area contributed by atoms with Gasteiger partial charge in [0, 0.05) is 23.7 Å². The molecule has 6 heteroatoms. The maximum absolute atomic E-state index is 4.63. The molecule has 29 heavy (non-hydrogen) atoms. The van der Waals surface area contributed by atoms with Crippen LogP contribution in [-0.2, 0) is 6.42 Å². The van der Waals surface area contributed by atoms with Crippen molar-refractivity contribution in [2.45, 2.75) is 19.3 Å². The van der Waals surface area contributed by atoms with E-state index in [2.05, 4.69) is 49.5 Å². The fourth-order valence-corrected chi connectivity index (χ4v) is 3.56. The van der Waals surface area contributed by atoms with Crippen LogP contribution in [0.4, 0.5) is 5.69 Å². The first-order valence-electron chi connectivity index (χ1n) is 10.0. The monoisotopic (exact) mass is 386 g/mol. The maximum Gasteiger partial charge on any atom is 0.0878 e. The maximum atomic E-state index is 4.63. The van der Waals surface area contributed by atoms with Gasteiger partial charge in [-0.2, -0.15) is 5.10 Å². The van der Waals surface area contributed by atoms with E-state index >= 15 is 0 Å². The highest BCUT2D eigenvalue weighted by Crippen LogP contribution is 2.21. The van der Waals surface area contributed by atoms with Gasteiger partial charge >= 0.3 is 0 Å². The highest BCUT2D eigenvalue weighted by Gasteiger charge is 2.14. The lowest BCUT2D eigenvalue weighted by Gasteiger charge is -2.22. The van der Waals surface area contributed by atoms with Gasteiger partial charge in [0.1, 0.15) is 0 Å². The number of H-pyrrole nitrogens is 1. The third-order valence-electron chi connectivity index (χ3n) is 5.19. The van der Waals surface area contributed by atoms with E-state index in [1.54, 1.807) is 12.4 Å². The third kappa shape index (κ3) is 5.18. The SMILES string of the molecule is C=C(Nc1ccc(CC2CCNCC2)nc1)c1[nH]ncc1/C=C/c1cccnc1. The number of aromatic nitrogens is 4. The van der Waals surface area contributed by atoms with Gasteiger partial charge in [0.15, 0.2) is 0 Å². The van der Waals surface area contributed by atoms with Crippen molar-refractivity contribution in [1.29, 1.82) is 0 Å². The average Bonchev–Trinajstić information content (AvgIpc) is 3.24. The van der Waals surface area contributed by atoms with E-state index in [1.807, 2.05) is 36.7 Å². The van der Waals surface area contributed by atoms with Crippen LogP contribution in [-0.4, -0.2) is 33.3 Å². The molecular formula is C23H26N6. The van der Waals surface area contributed by atoms with Crippen molar-refractivity contribution in [3.05, 3.63) is 78.1 Å². The Balaban J connectivity index is 1.38. The van der Waals surface area contributed by atoms with Gasteiger partial charge in [-0.15, -0.1) is 0 Å². The molecule has 0 atom stereocenters. The van der Waals surface area contributed by atoms with Crippen LogP contribution in [0.15, 0.2) is 55.6 Å². The zero-order chi connectivity index (χ0) is 19.9. The minimum atomic E-state index is 0.733. The summed E-state index contributed by atoms with van der Waals surface area (Å²) in [5.41, 5.74) is 5.66. The van der Waals surface area contributed by atoms with Crippen LogP contribution in [0.2, 0.25) is 0 Å². The van der Waals surface area contributed by atoms with Gasteiger partial charge in [0.05, 0.1) is 29.5 Å². The van der Waals surface area contributed by atoms with Gasteiger partial charge in [0.2, 0.25) is 0 Å². The van der Waals surface area contributed by atoms with Crippen LogP contribution in [0.5, 0.6) is 0 Å². The van der Waals surface area contributed by atoms with Crippen molar-refractivity contribution in [3.63, 3.8) is 0 Å². The predicted octanol–water partition coefficient (Wildman–Crippen LogP) is 4.00. The Hall–Kier alpha value is -3.25. The zero-order valence-corrected chi connectivity index (χ0v) is 16.4. The van der Waals surface area contributed by atoms with E-state index in [0.29, 0.717) is 0 Å². The zero-order valence-electron chi connectivity index (χ0n) is 16.4. The number of rotatable bonds is 7. The van der Waals surface area contributed by atoms with Gasteiger partial charge < -0.3 is 10.6 Å². The van der Waals surface area contributed by atoms with Crippen LogP contribution in [0, 0.1) is 5.92 Å². The fourth-order valence-electron chi connectivity index (χ4n) is 3.56. The number of nitrogens with one attached hydrogen (secondary N) is 3. The first-order valence-corrected chi connectivity index (χ1v) is 10.0. The first kappa shape index (κ1) is 19.1. The van der Waals surface area contributed by atoms with Crippen molar-refractivity contribution in [2.24, 2.45) is 5.92 Å². The molecule has 3 aromatic rings. The lowest BCUT2D eigenvalue weighted by atomic mass is 9.93. The molecule has 4 rings (SSSR count). The highest BCUT2D eigenvalue weighted by atomic mass is 15.1. The second kappa shape index (κ2) is 9.30. The summed E-state index contributed by atoms with van der Waals surface area (Å²) in [6, 6.07) is 8.09. The summed E-state index contributed by atoms with van der Waals surface area (Å²) in [4.78, 5) is 8.76. The summed E-state index contributed by atoms with van der Waals surface area (Å²) >= 11 is 0. The van der Waals surface area contributed by atoms with Gasteiger partial charge in [-0.1, -0.05) is 24.8 Å². The summed E-state index contributed by atoms with van der Waals surface area (Å²) in [6.07, 6.45) is 14.8. The molecule has 0 aromatic carbocycles. The minimum absolute atomic E-state index is 0.733.